The zero-order valence-corrected chi connectivity index (χ0v) is 25.5. The number of rotatable bonds is 8. The van der Waals surface area contributed by atoms with Crippen molar-refractivity contribution < 1.29 is 31.6 Å². The molecular formula is C25H19BrCl2F2NO5PS2. The van der Waals surface area contributed by atoms with Crippen LogP contribution in [0.2, 0.25) is 10.0 Å². The zero-order valence-electron chi connectivity index (χ0n) is 19.9. The van der Waals surface area contributed by atoms with Crippen molar-refractivity contribution in [1.82, 2.24) is 4.98 Å². The highest BCUT2D eigenvalue weighted by Crippen LogP contribution is 2.60. The summed E-state index contributed by atoms with van der Waals surface area (Å²) in [6, 6.07) is 15.2. The molecule has 0 bridgehead atoms. The van der Waals surface area contributed by atoms with E-state index in [9.17, 15) is 21.8 Å². The molecule has 0 radical (unpaired) electrons. The van der Waals surface area contributed by atoms with E-state index in [2.05, 4.69) is 15.9 Å². The van der Waals surface area contributed by atoms with E-state index in [1.165, 1.54) is 35.6 Å². The summed E-state index contributed by atoms with van der Waals surface area (Å²) in [5.41, 5.74) is -2.48. The monoisotopic (exact) mass is 695 g/mol. The van der Waals surface area contributed by atoms with Crippen LogP contribution in [0.25, 0.3) is 11.3 Å². The number of halogens is 5. The molecule has 0 aliphatic carbocycles. The quantitative estimate of drug-likeness (QED) is 0.182. The zero-order chi connectivity index (χ0) is 28.8. The molecule has 206 valence electrons. The van der Waals surface area contributed by atoms with Crippen molar-refractivity contribution >= 4 is 67.9 Å². The van der Waals surface area contributed by atoms with Crippen LogP contribution in [-0.2, 0) is 26.5 Å². The molecule has 1 atom stereocenters. The molecular weight excluding hydrogens is 678 g/mol. The highest BCUT2D eigenvalue weighted by Gasteiger charge is 2.51. The van der Waals surface area contributed by atoms with E-state index in [1.54, 1.807) is 30.3 Å². The van der Waals surface area contributed by atoms with Crippen LogP contribution in [0.15, 0.2) is 75.4 Å². The number of hydrogen-bond donors (Lipinski definition) is 2. The summed E-state index contributed by atoms with van der Waals surface area (Å²) in [5.74, 6) is -0.381. The summed E-state index contributed by atoms with van der Waals surface area (Å²) in [4.78, 5) is 23.2. The minimum absolute atomic E-state index is 0.146. The van der Waals surface area contributed by atoms with Gasteiger partial charge in [-0.25, -0.2) is 13.4 Å². The lowest BCUT2D eigenvalue weighted by Gasteiger charge is -2.21. The van der Waals surface area contributed by atoms with Crippen LogP contribution in [0.3, 0.4) is 0 Å². The van der Waals surface area contributed by atoms with Gasteiger partial charge in [0.15, 0.2) is 9.84 Å². The molecule has 3 aromatic carbocycles. The first-order chi connectivity index (χ1) is 18.1. The predicted molar refractivity (Wildman–Crippen MR) is 153 cm³/mol. The molecule has 0 fully saturated rings. The first kappa shape index (κ1) is 30.3. The summed E-state index contributed by atoms with van der Waals surface area (Å²) < 4.78 is 63.4. The van der Waals surface area contributed by atoms with E-state index < -0.39 is 28.7 Å². The Kier molecular flexibility index (Phi) is 8.77. The lowest BCUT2D eigenvalue weighted by molar-refractivity contribution is 0.0557. The Bertz CT molecular complexity index is 1700. The first-order valence-corrected chi connectivity index (χ1v) is 16.9. The third-order valence-corrected chi connectivity index (χ3v) is 10.4. The van der Waals surface area contributed by atoms with Crippen LogP contribution in [0.5, 0.6) is 0 Å². The molecule has 0 amide bonds. The minimum atomic E-state index is -5.74. The van der Waals surface area contributed by atoms with Gasteiger partial charge in [0.2, 0.25) is 0 Å². The van der Waals surface area contributed by atoms with Crippen LogP contribution in [-0.4, -0.2) is 29.4 Å². The second-order valence-corrected chi connectivity index (χ2v) is 14.9. The maximum Gasteiger partial charge on any atom is 0.399 e. The van der Waals surface area contributed by atoms with Gasteiger partial charge in [-0.1, -0.05) is 69.5 Å². The largest absolute Gasteiger partial charge is 0.399 e. The summed E-state index contributed by atoms with van der Waals surface area (Å²) >= 11 is 16.8. The van der Waals surface area contributed by atoms with Crippen molar-refractivity contribution in [2.75, 3.05) is 6.26 Å². The fraction of sp³-hybridized carbons (Fsp3) is 0.160. The fourth-order valence-corrected chi connectivity index (χ4v) is 7.08. The van der Waals surface area contributed by atoms with E-state index in [4.69, 9.17) is 38.0 Å². The Morgan fingerprint density at radius 1 is 1.05 bits per heavy atom. The third kappa shape index (κ3) is 6.63. The number of aromatic nitrogens is 1. The Morgan fingerprint density at radius 2 is 1.72 bits per heavy atom. The third-order valence-electron chi connectivity index (χ3n) is 5.91. The van der Waals surface area contributed by atoms with Crippen LogP contribution >= 0.6 is 58.1 Å². The Morgan fingerprint density at radius 3 is 2.28 bits per heavy atom. The molecule has 0 aliphatic rings. The summed E-state index contributed by atoms with van der Waals surface area (Å²) in [7, 11) is -9.09. The number of thiazole rings is 1. The van der Waals surface area contributed by atoms with Crippen LogP contribution in [0.4, 0.5) is 8.78 Å². The number of benzene rings is 3. The Labute approximate surface area is 245 Å². The standard InChI is InChI=1S/C25H19BrCl2F2NO5PS2/c1-39(35,36)17-6-3-15(4-7-17)23-13-38-24(31-23)18(16-5-9-21(27)22(28)12-16)10-14-2-8-19(20(26)11-14)25(29,30)37(32,33)34/h2-9,11-13,18H,10H2,1H3,(H2,32,33,34). The number of sulfone groups is 1. The maximum atomic E-state index is 14.3. The number of alkyl halides is 2. The van der Waals surface area contributed by atoms with Crippen molar-refractivity contribution in [2.45, 2.75) is 22.9 Å². The molecule has 0 aliphatic heterocycles. The predicted octanol–water partition coefficient (Wildman–Crippen LogP) is 7.88. The maximum absolute atomic E-state index is 14.3. The molecule has 1 unspecified atom stereocenters. The highest BCUT2D eigenvalue weighted by atomic mass is 79.9. The smallest absolute Gasteiger partial charge is 0.320 e. The van der Waals surface area contributed by atoms with E-state index in [-0.39, 0.29) is 21.7 Å². The van der Waals surface area contributed by atoms with Crippen molar-refractivity contribution in [3.05, 3.63) is 102 Å². The Balaban J connectivity index is 1.72. The van der Waals surface area contributed by atoms with Gasteiger partial charge in [-0.05, 0) is 47.9 Å². The molecule has 14 heteroatoms. The van der Waals surface area contributed by atoms with Gasteiger partial charge in [0.05, 0.1) is 20.6 Å². The van der Waals surface area contributed by atoms with Crippen molar-refractivity contribution in [3.63, 3.8) is 0 Å². The van der Waals surface area contributed by atoms with Crippen molar-refractivity contribution in [2.24, 2.45) is 0 Å². The van der Waals surface area contributed by atoms with Gasteiger partial charge in [-0.3, -0.25) is 4.57 Å². The van der Waals surface area contributed by atoms with Crippen molar-refractivity contribution in [1.29, 1.82) is 0 Å². The van der Waals surface area contributed by atoms with E-state index in [1.807, 2.05) is 5.38 Å². The first-order valence-electron chi connectivity index (χ1n) is 11.0. The molecule has 4 aromatic rings. The van der Waals surface area contributed by atoms with Gasteiger partial charge in [0, 0.05) is 33.2 Å². The topological polar surface area (TPSA) is 105 Å². The molecule has 1 aromatic heterocycles. The number of nitrogens with zero attached hydrogens (tertiary/aromatic N) is 1. The molecule has 39 heavy (non-hydrogen) atoms. The van der Waals surface area contributed by atoms with Gasteiger partial charge >= 0.3 is 13.3 Å². The Hall–Kier alpha value is -1.69. The average molecular weight is 697 g/mol. The second-order valence-electron chi connectivity index (χ2n) is 8.70. The molecule has 1 heterocycles. The normalized spacial score (nSPS) is 13.4. The van der Waals surface area contributed by atoms with Crippen LogP contribution < -0.4 is 0 Å². The van der Waals surface area contributed by atoms with Crippen molar-refractivity contribution in [3.8, 4) is 11.3 Å². The molecule has 0 saturated carbocycles. The van der Waals surface area contributed by atoms with E-state index >= 15 is 0 Å². The minimum Gasteiger partial charge on any atom is -0.320 e. The van der Waals surface area contributed by atoms with Gasteiger partial charge < -0.3 is 9.79 Å². The van der Waals surface area contributed by atoms with Gasteiger partial charge in [0.1, 0.15) is 5.01 Å². The van der Waals surface area contributed by atoms with E-state index in [0.29, 0.717) is 31.9 Å². The lowest BCUT2D eigenvalue weighted by Crippen LogP contribution is -2.15. The van der Waals surface area contributed by atoms with Crippen LogP contribution in [0, 0.1) is 0 Å². The summed E-state index contributed by atoms with van der Waals surface area (Å²) in [6.45, 7) is 0. The summed E-state index contributed by atoms with van der Waals surface area (Å²) in [6.07, 6.45) is 1.42. The fourth-order valence-electron chi connectivity index (χ4n) is 3.85. The van der Waals surface area contributed by atoms with Gasteiger partial charge in [0.25, 0.3) is 0 Å². The highest BCUT2D eigenvalue weighted by molar-refractivity contribution is 9.10. The molecule has 0 saturated heterocycles. The van der Waals surface area contributed by atoms with E-state index in [0.717, 1.165) is 17.9 Å². The lowest BCUT2D eigenvalue weighted by atomic mass is 9.92. The van der Waals surface area contributed by atoms with Crippen LogP contribution in [0.1, 0.15) is 27.6 Å². The second kappa shape index (κ2) is 11.3. The van der Waals surface area contributed by atoms with Gasteiger partial charge in [-0.2, -0.15) is 8.78 Å². The molecule has 6 nitrogen and oxygen atoms in total. The molecule has 4 rings (SSSR count). The molecule has 2 N–H and O–H groups in total. The summed E-state index contributed by atoms with van der Waals surface area (Å²) in [5, 5.41) is 3.19. The van der Waals surface area contributed by atoms with Gasteiger partial charge in [-0.15, -0.1) is 11.3 Å². The average Bonchev–Trinajstić information content (AvgIpc) is 3.33. The molecule has 0 spiro atoms. The SMILES string of the molecule is CS(=O)(=O)c1ccc(-c2csc(C(Cc3ccc(C(F)(F)P(=O)(O)O)c(Br)c3)c3ccc(Cl)c(Cl)c3)n2)cc1. The number of hydrogen-bond acceptors (Lipinski definition) is 5.